The Morgan fingerprint density at radius 3 is 2.64 bits per heavy atom. The van der Waals surface area contributed by atoms with Crippen molar-refractivity contribution in [2.75, 3.05) is 13.2 Å². The molecule has 7 heteroatoms. The number of hydrazine groups is 1. The second-order valence-corrected chi connectivity index (χ2v) is 8.32. The standard InChI is InChI=1S/C21H24N2O4S/c1-13(14-7-8-16-17(11-14)27-10-9-26-16)20(24)22-23-21(25)19-12-15-5-3-2-4-6-18(15)28-19/h7-8,11-13H,2-6,9-10H2,1H3,(H,22,24)(H,23,25). The van der Waals surface area contributed by atoms with Gasteiger partial charge in [0.1, 0.15) is 13.2 Å². The third-order valence-electron chi connectivity index (χ3n) is 5.23. The number of amides is 2. The summed E-state index contributed by atoms with van der Waals surface area (Å²) in [6, 6.07) is 7.44. The number of hydrogen-bond acceptors (Lipinski definition) is 5. The highest BCUT2D eigenvalue weighted by molar-refractivity contribution is 7.14. The molecule has 28 heavy (non-hydrogen) atoms. The highest BCUT2D eigenvalue weighted by Gasteiger charge is 2.21. The molecular formula is C21H24N2O4S. The van der Waals surface area contributed by atoms with Crippen LogP contribution in [0.25, 0.3) is 0 Å². The molecule has 2 aliphatic rings. The van der Waals surface area contributed by atoms with Gasteiger partial charge in [0.15, 0.2) is 11.5 Å². The van der Waals surface area contributed by atoms with E-state index in [1.54, 1.807) is 6.92 Å². The van der Waals surface area contributed by atoms with E-state index < -0.39 is 5.92 Å². The summed E-state index contributed by atoms with van der Waals surface area (Å²) in [6.07, 6.45) is 5.68. The van der Waals surface area contributed by atoms with Gasteiger partial charge < -0.3 is 9.47 Å². The molecule has 0 radical (unpaired) electrons. The molecule has 1 aliphatic carbocycles. The van der Waals surface area contributed by atoms with Crippen molar-refractivity contribution in [2.24, 2.45) is 0 Å². The summed E-state index contributed by atoms with van der Waals surface area (Å²) in [5, 5.41) is 0. The normalized spacial score (nSPS) is 16.5. The fraction of sp³-hybridized carbons (Fsp3) is 0.429. The number of benzene rings is 1. The Hall–Kier alpha value is -2.54. The molecule has 2 aromatic rings. The van der Waals surface area contributed by atoms with E-state index in [4.69, 9.17) is 9.47 Å². The molecule has 0 fully saturated rings. The van der Waals surface area contributed by atoms with E-state index in [1.165, 1.54) is 41.0 Å². The largest absolute Gasteiger partial charge is 0.486 e. The Morgan fingerprint density at radius 1 is 1.00 bits per heavy atom. The molecule has 6 nitrogen and oxygen atoms in total. The predicted molar refractivity (Wildman–Crippen MR) is 107 cm³/mol. The first-order chi connectivity index (χ1) is 13.6. The fourth-order valence-corrected chi connectivity index (χ4v) is 4.70. The minimum atomic E-state index is -0.434. The van der Waals surface area contributed by atoms with Gasteiger partial charge in [-0.05, 0) is 61.9 Å². The maximum absolute atomic E-state index is 12.5. The summed E-state index contributed by atoms with van der Waals surface area (Å²) in [7, 11) is 0. The number of ether oxygens (including phenoxy) is 2. The zero-order valence-corrected chi connectivity index (χ0v) is 16.7. The number of fused-ring (bicyclic) bond motifs is 2. The highest BCUT2D eigenvalue weighted by Crippen LogP contribution is 2.33. The van der Waals surface area contributed by atoms with Crippen LogP contribution in [0.3, 0.4) is 0 Å². The van der Waals surface area contributed by atoms with Gasteiger partial charge >= 0.3 is 0 Å². The van der Waals surface area contributed by atoms with E-state index in [-0.39, 0.29) is 11.8 Å². The third-order valence-corrected chi connectivity index (χ3v) is 6.47. The summed E-state index contributed by atoms with van der Waals surface area (Å²) in [5.41, 5.74) is 7.19. The summed E-state index contributed by atoms with van der Waals surface area (Å²) in [4.78, 5) is 26.9. The first kappa shape index (κ1) is 18.8. The first-order valence-corrected chi connectivity index (χ1v) is 10.5. The lowest BCUT2D eigenvalue weighted by molar-refractivity contribution is -0.123. The van der Waals surface area contributed by atoms with Crippen molar-refractivity contribution in [2.45, 2.75) is 44.9 Å². The van der Waals surface area contributed by atoms with Gasteiger partial charge in [-0.2, -0.15) is 0 Å². The quantitative estimate of drug-likeness (QED) is 0.612. The van der Waals surface area contributed by atoms with Crippen LogP contribution in [0.5, 0.6) is 11.5 Å². The minimum Gasteiger partial charge on any atom is -0.486 e. The number of hydrogen-bond donors (Lipinski definition) is 2. The number of carbonyl (C=O) groups is 2. The Morgan fingerprint density at radius 2 is 1.79 bits per heavy atom. The molecule has 0 spiro atoms. The van der Waals surface area contributed by atoms with Gasteiger partial charge in [0.2, 0.25) is 5.91 Å². The van der Waals surface area contributed by atoms with Crippen molar-refractivity contribution in [3.8, 4) is 11.5 Å². The molecule has 0 saturated heterocycles. The van der Waals surface area contributed by atoms with E-state index in [0.717, 1.165) is 18.4 Å². The summed E-state index contributed by atoms with van der Waals surface area (Å²) in [5.74, 6) is 0.362. The van der Waals surface area contributed by atoms with Gasteiger partial charge in [-0.3, -0.25) is 20.4 Å². The number of rotatable bonds is 3. The van der Waals surface area contributed by atoms with Crippen molar-refractivity contribution in [1.29, 1.82) is 0 Å². The minimum absolute atomic E-state index is 0.263. The van der Waals surface area contributed by atoms with Crippen LogP contribution >= 0.6 is 11.3 Å². The molecule has 1 aliphatic heterocycles. The Bertz CT molecular complexity index is 869. The SMILES string of the molecule is CC(C(=O)NNC(=O)c1cc2c(s1)CCCCC2)c1ccc2c(c1)OCCO2. The van der Waals surface area contributed by atoms with Crippen LogP contribution in [-0.2, 0) is 17.6 Å². The molecule has 1 aromatic heterocycles. The lowest BCUT2D eigenvalue weighted by Gasteiger charge is -2.20. The topological polar surface area (TPSA) is 76.7 Å². The lowest BCUT2D eigenvalue weighted by Crippen LogP contribution is -2.43. The van der Waals surface area contributed by atoms with E-state index in [1.807, 2.05) is 24.3 Å². The predicted octanol–water partition coefficient (Wildman–Crippen LogP) is 3.35. The van der Waals surface area contributed by atoms with Gasteiger partial charge in [0.05, 0.1) is 10.8 Å². The van der Waals surface area contributed by atoms with Crippen LogP contribution in [-0.4, -0.2) is 25.0 Å². The number of nitrogens with one attached hydrogen (secondary N) is 2. The van der Waals surface area contributed by atoms with E-state index in [0.29, 0.717) is 29.6 Å². The fourth-order valence-electron chi connectivity index (χ4n) is 3.55. The van der Waals surface area contributed by atoms with Crippen molar-refractivity contribution >= 4 is 23.2 Å². The molecule has 2 N–H and O–H groups in total. The van der Waals surface area contributed by atoms with Gasteiger partial charge in [0, 0.05) is 4.88 Å². The Labute approximate surface area is 168 Å². The van der Waals surface area contributed by atoms with E-state index in [2.05, 4.69) is 10.9 Å². The first-order valence-electron chi connectivity index (χ1n) is 9.73. The van der Waals surface area contributed by atoms with Crippen LogP contribution in [0, 0.1) is 0 Å². The van der Waals surface area contributed by atoms with Crippen molar-refractivity contribution in [3.05, 3.63) is 45.1 Å². The van der Waals surface area contributed by atoms with Crippen LogP contribution in [0.1, 0.15) is 57.8 Å². The molecule has 1 unspecified atom stereocenters. The summed E-state index contributed by atoms with van der Waals surface area (Å²) >= 11 is 1.53. The van der Waals surface area contributed by atoms with Crippen molar-refractivity contribution < 1.29 is 19.1 Å². The van der Waals surface area contributed by atoms with Gasteiger partial charge in [-0.15, -0.1) is 11.3 Å². The molecule has 1 aromatic carbocycles. The number of carbonyl (C=O) groups excluding carboxylic acids is 2. The number of thiophene rings is 1. The van der Waals surface area contributed by atoms with Gasteiger partial charge in [-0.25, -0.2) is 0 Å². The zero-order chi connectivity index (χ0) is 19.5. The second-order valence-electron chi connectivity index (χ2n) is 7.19. The molecule has 0 saturated carbocycles. The smallest absolute Gasteiger partial charge is 0.279 e. The average Bonchev–Trinajstić information content (AvgIpc) is 3.01. The maximum atomic E-state index is 12.5. The van der Waals surface area contributed by atoms with E-state index >= 15 is 0 Å². The Balaban J connectivity index is 1.36. The molecule has 2 amide bonds. The maximum Gasteiger partial charge on any atom is 0.279 e. The summed E-state index contributed by atoms with van der Waals surface area (Å²) in [6.45, 7) is 2.82. The van der Waals surface area contributed by atoms with Gasteiger partial charge in [-0.1, -0.05) is 12.5 Å². The van der Waals surface area contributed by atoms with Crippen LogP contribution in [0.15, 0.2) is 24.3 Å². The molecule has 4 rings (SSSR count). The molecule has 1 atom stereocenters. The monoisotopic (exact) mass is 400 g/mol. The van der Waals surface area contributed by atoms with Crippen LogP contribution < -0.4 is 20.3 Å². The molecule has 2 heterocycles. The van der Waals surface area contributed by atoms with Crippen molar-refractivity contribution in [1.82, 2.24) is 10.9 Å². The summed E-state index contributed by atoms with van der Waals surface area (Å²) < 4.78 is 11.1. The lowest BCUT2D eigenvalue weighted by atomic mass is 10.00. The molecule has 0 bridgehead atoms. The molecule has 148 valence electrons. The van der Waals surface area contributed by atoms with E-state index in [9.17, 15) is 9.59 Å². The van der Waals surface area contributed by atoms with Crippen molar-refractivity contribution in [3.63, 3.8) is 0 Å². The van der Waals surface area contributed by atoms with Crippen LogP contribution in [0.4, 0.5) is 0 Å². The average molecular weight is 401 g/mol. The highest BCUT2D eigenvalue weighted by atomic mass is 32.1. The Kier molecular flexibility index (Phi) is 5.52. The third kappa shape index (κ3) is 3.99. The zero-order valence-electron chi connectivity index (χ0n) is 15.9. The van der Waals surface area contributed by atoms with Crippen LogP contribution in [0.2, 0.25) is 0 Å². The molecular weight excluding hydrogens is 376 g/mol. The second kappa shape index (κ2) is 8.22. The van der Waals surface area contributed by atoms with Gasteiger partial charge in [0.25, 0.3) is 5.91 Å². The number of aryl methyl sites for hydroxylation is 2.